The van der Waals surface area contributed by atoms with Gasteiger partial charge in [0, 0.05) is 67.0 Å². The van der Waals surface area contributed by atoms with Crippen LogP contribution < -0.4 is 10.2 Å². The highest BCUT2D eigenvalue weighted by Gasteiger charge is 2.42. The predicted octanol–water partition coefficient (Wildman–Crippen LogP) is 2.63. The number of anilines is 1. The van der Waals surface area contributed by atoms with Crippen molar-refractivity contribution in [3.63, 3.8) is 0 Å². The lowest BCUT2D eigenvalue weighted by Crippen LogP contribution is -2.52. The minimum absolute atomic E-state index is 0.138. The second kappa shape index (κ2) is 8.54. The number of carbonyl (C=O) groups is 1. The predicted molar refractivity (Wildman–Crippen MR) is 135 cm³/mol. The van der Waals surface area contributed by atoms with Crippen molar-refractivity contribution in [1.82, 2.24) is 29.7 Å². The fraction of sp³-hybridized carbons (Fsp3) is 0.296. The molecule has 6 rings (SSSR count). The largest absolute Gasteiger partial charge is 0.356 e. The van der Waals surface area contributed by atoms with Crippen LogP contribution in [0.15, 0.2) is 49.2 Å². The number of hydrogen-bond acceptors (Lipinski definition) is 6. The lowest BCUT2D eigenvalue weighted by Gasteiger charge is -2.38. The van der Waals surface area contributed by atoms with E-state index in [1.807, 2.05) is 44.0 Å². The molecule has 9 heteroatoms. The zero-order valence-corrected chi connectivity index (χ0v) is 19.8. The number of nitriles is 1. The van der Waals surface area contributed by atoms with Gasteiger partial charge in [0.1, 0.15) is 11.9 Å². The molecule has 1 saturated heterocycles. The first-order chi connectivity index (χ1) is 17.5. The van der Waals surface area contributed by atoms with Crippen molar-refractivity contribution in [2.45, 2.75) is 18.9 Å². The lowest BCUT2D eigenvalue weighted by atomic mass is 9.92. The first-order valence-electron chi connectivity index (χ1n) is 11.9. The molecule has 4 aromatic heterocycles. The van der Waals surface area contributed by atoms with E-state index in [4.69, 9.17) is 11.4 Å². The molecule has 1 saturated carbocycles. The number of rotatable bonds is 4. The summed E-state index contributed by atoms with van der Waals surface area (Å²) in [6.45, 7) is 1.67. The summed E-state index contributed by atoms with van der Waals surface area (Å²) in [7, 11) is 1.88. The fourth-order valence-electron chi connectivity index (χ4n) is 5.72. The molecule has 2 fully saturated rings. The van der Waals surface area contributed by atoms with Crippen LogP contribution in [0, 0.1) is 35.5 Å². The Morgan fingerprint density at radius 2 is 1.89 bits per heavy atom. The van der Waals surface area contributed by atoms with Gasteiger partial charge in [-0.25, -0.2) is 9.50 Å². The minimum Gasteiger partial charge on any atom is -0.356 e. The van der Waals surface area contributed by atoms with Crippen molar-refractivity contribution in [1.29, 1.82) is 5.26 Å². The molecule has 0 radical (unpaired) electrons. The Balaban J connectivity index is 1.32. The maximum absolute atomic E-state index is 11.8. The Bertz CT molecular complexity index is 1540. The zero-order valence-electron chi connectivity index (χ0n) is 19.8. The van der Waals surface area contributed by atoms with E-state index in [-0.39, 0.29) is 11.9 Å². The van der Waals surface area contributed by atoms with E-state index in [1.165, 1.54) is 0 Å². The van der Waals surface area contributed by atoms with Crippen LogP contribution in [0.2, 0.25) is 0 Å². The van der Waals surface area contributed by atoms with Crippen LogP contribution >= 0.6 is 0 Å². The Morgan fingerprint density at radius 1 is 1.08 bits per heavy atom. The monoisotopic (exact) mass is 476 g/mol. The van der Waals surface area contributed by atoms with Crippen molar-refractivity contribution in [3.8, 4) is 40.7 Å². The Morgan fingerprint density at radius 3 is 2.53 bits per heavy atom. The molecule has 9 nitrogen and oxygen atoms in total. The van der Waals surface area contributed by atoms with E-state index in [0.29, 0.717) is 17.4 Å². The number of nitrogens with one attached hydrogen (secondary N) is 1. The normalized spacial score (nSPS) is 20.8. The summed E-state index contributed by atoms with van der Waals surface area (Å²) in [6, 6.07) is 8.53. The van der Waals surface area contributed by atoms with Gasteiger partial charge in [-0.2, -0.15) is 15.5 Å². The molecule has 4 aromatic rings. The van der Waals surface area contributed by atoms with Gasteiger partial charge in [0.05, 0.1) is 23.5 Å². The third-order valence-electron chi connectivity index (χ3n) is 7.42. The number of aromatic nitrogens is 5. The smallest absolute Gasteiger partial charge is 0.295 e. The molecule has 5 heterocycles. The topological polar surface area (TPSA) is 104 Å². The van der Waals surface area contributed by atoms with Gasteiger partial charge in [-0.3, -0.25) is 9.48 Å². The van der Waals surface area contributed by atoms with Crippen molar-refractivity contribution >= 4 is 17.2 Å². The summed E-state index contributed by atoms with van der Waals surface area (Å²) < 4.78 is 3.50. The van der Waals surface area contributed by atoms with Crippen LogP contribution in [0.4, 0.5) is 5.82 Å². The molecule has 0 aromatic carbocycles. The summed E-state index contributed by atoms with van der Waals surface area (Å²) in [6.07, 6.45) is 16.5. The average Bonchev–Trinajstić information content (AvgIpc) is 3.58. The van der Waals surface area contributed by atoms with Gasteiger partial charge in [-0.05, 0) is 48.8 Å². The van der Waals surface area contributed by atoms with E-state index < -0.39 is 0 Å². The number of fused-ring (bicyclic) bond motifs is 3. The molecule has 178 valence electrons. The van der Waals surface area contributed by atoms with Gasteiger partial charge in [-0.15, -0.1) is 6.42 Å². The van der Waals surface area contributed by atoms with E-state index in [2.05, 4.69) is 38.5 Å². The summed E-state index contributed by atoms with van der Waals surface area (Å²) in [4.78, 5) is 18.9. The van der Waals surface area contributed by atoms with Gasteiger partial charge >= 0.3 is 0 Å². The quantitative estimate of drug-likeness (QED) is 0.454. The second-order valence-corrected chi connectivity index (χ2v) is 9.56. The highest BCUT2D eigenvalue weighted by molar-refractivity contribution is 5.93. The molecule has 36 heavy (non-hydrogen) atoms. The number of piperidine rings is 1. The van der Waals surface area contributed by atoms with E-state index in [1.54, 1.807) is 15.4 Å². The lowest BCUT2D eigenvalue weighted by molar-refractivity contribution is -0.116. The molecule has 2 aliphatic rings. The Hall–Kier alpha value is -4.63. The summed E-state index contributed by atoms with van der Waals surface area (Å²) >= 11 is 0. The number of nitrogens with zero attached hydrogens (tertiary/aromatic N) is 7. The molecule has 1 amide bonds. The number of pyridine rings is 2. The van der Waals surface area contributed by atoms with Gasteiger partial charge in [0.25, 0.3) is 5.91 Å². The molecule has 1 N–H and O–H groups in total. The van der Waals surface area contributed by atoms with Crippen LogP contribution in [-0.4, -0.2) is 49.4 Å². The number of amides is 1. The Labute approximate surface area is 208 Å². The second-order valence-electron chi connectivity index (χ2n) is 9.56. The maximum Gasteiger partial charge on any atom is 0.295 e. The molecule has 0 spiro atoms. The molecular formula is C27H24N8O. The number of carbonyl (C=O) groups excluding carboxylic acids is 1. The molecule has 2 bridgehead atoms. The standard InChI is InChI=1S/C27H24N8O/c1-3-25(36)32-26-18-4-5-19(26)15-34(14-18)24-7-6-17(10-29-24)23-8-20(22-12-30-33(2)13-22)16-35-27(23)21(9-28)11-31-35/h1,6-8,10-13,16,18-19,26H,4-5,14-15H2,2H3,(H,32,36). The fourth-order valence-corrected chi connectivity index (χ4v) is 5.72. The van der Waals surface area contributed by atoms with Crippen LogP contribution in [0.1, 0.15) is 18.4 Å². The molecule has 1 aliphatic heterocycles. The molecule has 1 aliphatic carbocycles. The van der Waals surface area contributed by atoms with Gasteiger partial charge < -0.3 is 10.2 Å². The van der Waals surface area contributed by atoms with Gasteiger partial charge in [0.2, 0.25) is 0 Å². The van der Waals surface area contributed by atoms with Crippen molar-refractivity contribution in [3.05, 3.63) is 54.7 Å². The van der Waals surface area contributed by atoms with Crippen LogP contribution in [0.5, 0.6) is 0 Å². The van der Waals surface area contributed by atoms with Gasteiger partial charge in [0.15, 0.2) is 0 Å². The first kappa shape index (κ1) is 21.9. The SMILES string of the molecule is C#CC(=O)NC1C2CCC1CN(c1ccc(-c3cc(-c4cnn(C)c4)cn4ncc(C#N)c34)cn1)C2. The highest BCUT2D eigenvalue weighted by atomic mass is 16.1. The van der Waals surface area contributed by atoms with Gasteiger partial charge in [-0.1, -0.05) is 0 Å². The third-order valence-corrected chi connectivity index (χ3v) is 7.42. The molecular weight excluding hydrogens is 452 g/mol. The van der Waals surface area contributed by atoms with Crippen molar-refractivity contribution in [2.24, 2.45) is 18.9 Å². The van der Waals surface area contributed by atoms with E-state index >= 15 is 0 Å². The minimum atomic E-state index is -0.329. The number of terminal acetylenes is 1. The first-order valence-corrected chi connectivity index (χ1v) is 11.9. The summed E-state index contributed by atoms with van der Waals surface area (Å²) in [5.41, 5.74) is 4.98. The third kappa shape index (κ3) is 3.66. The Kier molecular flexibility index (Phi) is 5.19. The molecule has 2 atom stereocenters. The summed E-state index contributed by atoms with van der Waals surface area (Å²) in [5, 5.41) is 21.4. The summed E-state index contributed by atoms with van der Waals surface area (Å²) in [5.74, 6) is 3.48. The van der Waals surface area contributed by atoms with E-state index in [9.17, 15) is 10.1 Å². The van der Waals surface area contributed by atoms with E-state index in [0.717, 1.165) is 59.5 Å². The molecule has 2 unspecified atom stereocenters. The number of hydrogen-bond donors (Lipinski definition) is 1. The van der Waals surface area contributed by atoms with Crippen LogP contribution in [0.25, 0.3) is 27.8 Å². The number of aryl methyl sites for hydroxylation is 1. The average molecular weight is 477 g/mol. The van der Waals surface area contributed by atoms with Crippen LogP contribution in [-0.2, 0) is 11.8 Å². The van der Waals surface area contributed by atoms with Crippen molar-refractivity contribution in [2.75, 3.05) is 18.0 Å². The zero-order chi connectivity index (χ0) is 24.8. The maximum atomic E-state index is 11.8. The van der Waals surface area contributed by atoms with Crippen molar-refractivity contribution < 1.29 is 4.79 Å². The van der Waals surface area contributed by atoms with Crippen LogP contribution in [0.3, 0.4) is 0 Å². The highest BCUT2D eigenvalue weighted by Crippen LogP contribution is 2.39.